The molecule has 5 rings (SSSR count). The van der Waals surface area contributed by atoms with E-state index in [2.05, 4.69) is 9.84 Å². The number of carbonyl (C=O) groups excluding carboxylic acids is 1. The average molecular weight is 507 g/mol. The van der Waals surface area contributed by atoms with Crippen molar-refractivity contribution in [1.82, 2.24) is 5.01 Å². The monoisotopic (exact) mass is 507 g/mol. The normalized spacial score (nSPS) is 12.8. The number of fused-ring (bicyclic) bond motifs is 1. The summed E-state index contributed by atoms with van der Waals surface area (Å²) in [6.07, 6.45) is 0.678. The maximum Gasteiger partial charge on any atom is 0.433 e. The number of hydrazone groups is 1. The Morgan fingerprint density at radius 2 is 1.78 bits per heavy atom. The standard InChI is InChI=1S/C17H14O4.C8H7N3O5/c1-19-12-5-3-4-11(8-12)16-10-15(18)14-7-6-13(20-2)9-17(14)21-16;12-8-10(3-4-15-8)9-5-6-1-2-7(16-6)11(13)14/h3-10H,1-2H3;1-2,5H,3-4H2. The SMILES string of the molecule is COc1cccc(-c2cc(=O)c3ccc(OC)cc3o2)c1.O=C1OCCN1N=Cc1ccc([N+](=O)[O-])o1. The van der Waals surface area contributed by atoms with Gasteiger partial charge >= 0.3 is 12.0 Å². The van der Waals surface area contributed by atoms with Gasteiger partial charge in [-0.1, -0.05) is 12.1 Å². The predicted molar refractivity (Wildman–Crippen MR) is 132 cm³/mol. The highest BCUT2D eigenvalue weighted by atomic mass is 16.6. The Bertz CT molecular complexity index is 1520. The van der Waals surface area contributed by atoms with Gasteiger partial charge in [0.1, 0.15) is 34.4 Å². The van der Waals surface area contributed by atoms with Gasteiger partial charge in [-0.15, -0.1) is 0 Å². The van der Waals surface area contributed by atoms with Crippen molar-refractivity contribution in [3.63, 3.8) is 0 Å². The van der Waals surface area contributed by atoms with Gasteiger partial charge in [-0.3, -0.25) is 14.9 Å². The molecule has 1 saturated heterocycles. The van der Waals surface area contributed by atoms with Crippen LogP contribution in [-0.2, 0) is 4.74 Å². The molecule has 1 amide bonds. The topological polar surface area (TPSA) is 147 Å². The van der Waals surface area contributed by atoms with Crippen LogP contribution in [0.5, 0.6) is 11.5 Å². The first kappa shape index (κ1) is 25.0. The maximum atomic E-state index is 12.2. The minimum atomic E-state index is -0.651. The first-order valence-corrected chi connectivity index (χ1v) is 10.9. The lowest BCUT2D eigenvalue weighted by Crippen LogP contribution is -2.17. The number of nitrogens with zero attached hydrogens (tertiary/aromatic N) is 3. The Hall–Kier alpha value is -5.13. The number of amides is 1. The van der Waals surface area contributed by atoms with Crippen LogP contribution in [0.1, 0.15) is 5.76 Å². The molecule has 1 aliphatic rings. The first-order valence-electron chi connectivity index (χ1n) is 10.9. The van der Waals surface area contributed by atoms with Gasteiger partial charge in [0.25, 0.3) is 0 Å². The van der Waals surface area contributed by atoms with E-state index in [1.165, 1.54) is 24.4 Å². The lowest BCUT2D eigenvalue weighted by atomic mass is 10.1. The van der Waals surface area contributed by atoms with E-state index < -0.39 is 11.0 Å². The number of nitro groups is 1. The third kappa shape index (κ3) is 5.93. The minimum Gasteiger partial charge on any atom is -0.497 e. The smallest absolute Gasteiger partial charge is 0.433 e. The molecular formula is C25H21N3O9. The lowest BCUT2D eigenvalue weighted by Gasteiger charge is -2.06. The van der Waals surface area contributed by atoms with Crippen LogP contribution < -0.4 is 14.9 Å². The number of rotatable bonds is 6. The Morgan fingerprint density at radius 3 is 2.46 bits per heavy atom. The van der Waals surface area contributed by atoms with Crippen molar-refractivity contribution in [1.29, 1.82) is 0 Å². The predicted octanol–water partition coefficient (Wildman–Crippen LogP) is 4.45. The Morgan fingerprint density at radius 1 is 1.00 bits per heavy atom. The van der Waals surface area contributed by atoms with Crippen molar-refractivity contribution in [3.05, 3.63) is 86.8 Å². The summed E-state index contributed by atoms with van der Waals surface area (Å²) in [5, 5.41) is 15.7. The van der Waals surface area contributed by atoms with Crippen LogP contribution in [0.3, 0.4) is 0 Å². The van der Waals surface area contributed by atoms with E-state index in [0.29, 0.717) is 34.8 Å². The quantitative estimate of drug-likeness (QED) is 0.210. The minimum absolute atomic E-state index is 0.0864. The Labute approximate surface area is 209 Å². The fraction of sp³-hybridized carbons (Fsp3) is 0.160. The summed E-state index contributed by atoms with van der Waals surface area (Å²) in [4.78, 5) is 32.8. The zero-order valence-corrected chi connectivity index (χ0v) is 19.8. The lowest BCUT2D eigenvalue weighted by molar-refractivity contribution is -0.402. The maximum absolute atomic E-state index is 12.2. The molecule has 0 atom stereocenters. The van der Waals surface area contributed by atoms with Gasteiger partial charge in [0.15, 0.2) is 11.2 Å². The number of hydrogen-bond donors (Lipinski definition) is 0. The fourth-order valence-electron chi connectivity index (χ4n) is 3.31. The van der Waals surface area contributed by atoms with Crippen LogP contribution >= 0.6 is 0 Å². The van der Waals surface area contributed by atoms with Gasteiger partial charge < -0.3 is 23.0 Å². The van der Waals surface area contributed by atoms with Gasteiger partial charge in [-0.25, -0.2) is 4.79 Å². The highest BCUT2D eigenvalue weighted by Gasteiger charge is 2.21. The number of ether oxygens (including phenoxy) is 3. The summed E-state index contributed by atoms with van der Waals surface area (Å²) >= 11 is 0. The number of methoxy groups -OCH3 is 2. The molecule has 190 valence electrons. The molecule has 0 N–H and O–H groups in total. The highest BCUT2D eigenvalue weighted by Crippen LogP contribution is 2.27. The second kappa shape index (κ2) is 11.1. The third-order valence-corrected chi connectivity index (χ3v) is 5.15. The largest absolute Gasteiger partial charge is 0.497 e. The van der Waals surface area contributed by atoms with E-state index in [9.17, 15) is 19.7 Å². The molecule has 37 heavy (non-hydrogen) atoms. The van der Waals surface area contributed by atoms with Crippen molar-refractivity contribution in [3.8, 4) is 22.8 Å². The second-order valence-corrected chi connectivity index (χ2v) is 7.48. The molecule has 12 heteroatoms. The number of furan rings is 1. The van der Waals surface area contributed by atoms with Crippen LogP contribution in [0, 0.1) is 10.1 Å². The molecule has 0 bridgehead atoms. The molecule has 12 nitrogen and oxygen atoms in total. The van der Waals surface area contributed by atoms with Crippen LogP contribution in [0.2, 0.25) is 0 Å². The molecule has 1 aliphatic heterocycles. The summed E-state index contributed by atoms with van der Waals surface area (Å²) < 4.78 is 25.6. The molecule has 0 unspecified atom stereocenters. The van der Waals surface area contributed by atoms with E-state index in [1.807, 2.05) is 24.3 Å². The Balaban J connectivity index is 0.000000180. The van der Waals surface area contributed by atoms with Crippen molar-refractivity contribution in [2.75, 3.05) is 27.4 Å². The van der Waals surface area contributed by atoms with Crippen molar-refractivity contribution in [2.24, 2.45) is 5.10 Å². The summed E-state index contributed by atoms with van der Waals surface area (Å²) in [6, 6.07) is 16.6. The third-order valence-electron chi connectivity index (χ3n) is 5.15. The van der Waals surface area contributed by atoms with Crippen LogP contribution in [-0.4, -0.2) is 49.6 Å². The molecule has 0 radical (unpaired) electrons. The summed E-state index contributed by atoms with van der Waals surface area (Å²) in [6.45, 7) is 0.645. The summed E-state index contributed by atoms with van der Waals surface area (Å²) in [7, 11) is 3.17. The van der Waals surface area contributed by atoms with Crippen molar-refractivity contribution < 1.29 is 32.8 Å². The molecule has 3 heterocycles. The van der Waals surface area contributed by atoms with Crippen LogP contribution in [0.15, 0.2) is 79.4 Å². The number of cyclic esters (lactones) is 1. The Kier molecular flexibility index (Phi) is 7.48. The van der Waals surface area contributed by atoms with E-state index in [0.717, 1.165) is 10.6 Å². The first-order chi connectivity index (χ1) is 17.9. The molecule has 2 aromatic carbocycles. The molecule has 0 spiro atoms. The molecule has 0 saturated carbocycles. The van der Waals surface area contributed by atoms with Gasteiger partial charge in [-0.2, -0.15) is 10.1 Å². The van der Waals surface area contributed by atoms with Crippen LogP contribution in [0.25, 0.3) is 22.3 Å². The molecule has 4 aromatic rings. The molecule has 1 fully saturated rings. The fourth-order valence-corrected chi connectivity index (χ4v) is 3.31. The number of benzene rings is 2. The van der Waals surface area contributed by atoms with Gasteiger partial charge in [0.2, 0.25) is 0 Å². The van der Waals surface area contributed by atoms with E-state index >= 15 is 0 Å². The second-order valence-electron chi connectivity index (χ2n) is 7.48. The van der Waals surface area contributed by atoms with Crippen molar-refractivity contribution in [2.45, 2.75) is 0 Å². The van der Waals surface area contributed by atoms with Gasteiger partial charge in [0, 0.05) is 17.7 Å². The van der Waals surface area contributed by atoms with Gasteiger partial charge in [0.05, 0.1) is 38.4 Å². The van der Waals surface area contributed by atoms with Gasteiger partial charge in [-0.05, 0) is 30.3 Å². The van der Waals surface area contributed by atoms with E-state index in [4.69, 9.17) is 18.3 Å². The van der Waals surface area contributed by atoms with Crippen molar-refractivity contribution >= 4 is 29.2 Å². The summed E-state index contributed by atoms with van der Waals surface area (Å²) in [5.41, 5.74) is 1.20. The van der Waals surface area contributed by atoms with Crippen LogP contribution in [0.4, 0.5) is 10.7 Å². The zero-order chi connectivity index (χ0) is 26.4. The van der Waals surface area contributed by atoms with E-state index in [1.54, 1.807) is 32.4 Å². The highest BCUT2D eigenvalue weighted by molar-refractivity contribution is 5.80. The average Bonchev–Trinajstić information content (AvgIpc) is 3.56. The summed E-state index contributed by atoms with van der Waals surface area (Å²) in [5.74, 6) is 1.69. The zero-order valence-electron chi connectivity index (χ0n) is 19.8. The molecule has 0 aliphatic carbocycles. The van der Waals surface area contributed by atoms with E-state index in [-0.39, 0.29) is 23.7 Å². The number of carbonyl (C=O) groups is 1. The molecular weight excluding hydrogens is 486 g/mol. The number of hydrogen-bond acceptors (Lipinski definition) is 10. The molecule has 2 aromatic heterocycles.